The second-order valence-corrected chi connectivity index (χ2v) is 9.10. The van der Waals surface area contributed by atoms with Crippen LogP contribution in [0.4, 0.5) is 5.69 Å². The highest BCUT2D eigenvalue weighted by atomic mass is 32.2. The second-order valence-electron chi connectivity index (χ2n) is 7.16. The van der Waals surface area contributed by atoms with Gasteiger partial charge in [0.2, 0.25) is 10.0 Å². The molecule has 1 aliphatic rings. The highest BCUT2D eigenvalue weighted by Gasteiger charge is 2.22. The molecule has 0 spiro atoms. The number of anilines is 1. The maximum absolute atomic E-state index is 12.7. The van der Waals surface area contributed by atoms with Crippen LogP contribution in [0.5, 0.6) is 0 Å². The van der Waals surface area contributed by atoms with Gasteiger partial charge in [0.05, 0.1) is 4.90 Å². The normalized spacial score (nSPS) is 14.4. The van der Waals surface area contributed by atoms with E-state index >= 15 is 0 Å². The number of hydrogen-bond acceptors (Lipinski definition) is 4. The maximum Gasteiger partial charge on any atom is 0.251 e. The molecule has 0 saturated carbocycles. The van der Waals surface area contributed by atoms with Crippen molar-refractivity contribution < 1.29 is 13.2 Å². The molecule has 1 amide bonds. The lowest BCUT2D eigenvalue weighted by Crippen LogP contribution is -2.31. The Kier molecular flexibility index (Phi) is 6.92. The molecule has 6 nitrogen and oxygen atoms in total. The van der Waals surface area contributed by atoms with Gasteiger partial charge in [-0.05, 0) is 48.7 Å². The van der Waals surface area contributed by atoms with Gasteiger partial charge in [0.15, 0.2) is 0 Å². The van der Waals surface area contributed by atoms with E-state index in [-0.39, 0.29) is 10.8 Å². The Morgan fingerprint density at radius 2 is 1.69 bits per heavy atom. The first kappa shape index (κ1) is 21.3. The molecule has 1 aliphatic heterocycles. The Morgan fingerprint density at radius 1 is 1.03 bits per heavy atom. The summed E-state index contributed by atoms with van der Waals surface area (Å²) in [7, 11) is -3.59. The molecule has 1 fully saturated rings. The minimum atomic E-state index is -3.59. The summed E-state index contributed by atoms with van der Waals surface area (Å²) in [6.45, 7) is 6.97. The van der Waals surface area contributed by atoms with Crippen molar-refractivity contribution in [1.82, 2.24) is 9.62 Å². The molecule has 1 saturated heterocycles. The third-order valence-electron chi connectivity index (χ3n) is 5.30. The molecule has 29 heavy (non-hydrogen) atoms. The predicted octanol–water partition coefficient (Wildman–Crippen LogP) is 3.25. The quantitative estimate of drug-likeness (QED) is 0.719. The third kappa shape index (κ3) is 4.97. The SMILES string of the molecule is CCN(CC)S(=O)(=O)c1cccc(C(=O)NCc2ccc(N3CCCC3)cc2)c1. The van der Waals surface area contributed by atoms with E-state index in [1.54, 1.807) is 26.0 Å². The summed E-state index contributed by atoms with van der Waals surface area (Å²) in [4.78, 5) is 15.1. The van der Waals surface area contributed by atoms with Crippen LogP contribution in [0.3, 0.4) is 0 Å². The Bertz CT molecular complexity index is 932. The number of nitrogens with one attached hydrogen (secondary N) is 1. The van der Waals surface area contributed by atoms with Gasteiger partial charge in [-0.1, -0.05) is 32.0 Å². The van der Waals surface area contributed by atoms with Gasteiger partial charge < -0.3 is 10.2 Å². The van der Waals surface area contributed by atoms with Crippen LogP contribution in [0.15, 0.2) is 53.4 Å². The van der Waals surface area contributed by atoms with Gasteiger partial charge in [0, 0.05) is 44.0 Å². The highest BCUT2D eigenvalue weighted by Crippen LogP contribution is 2.21. The lowest BCUT2D eigenvalue weighted by molar-refractivity contribution is 0.0950. The van der Waals surface area contributed by atoms with Gasteiger partial charge in [-0.3, -0.25) is 4.79 Å². The van der Waals surface area contributed by atoms with E-state index in [1.807, 2.05) is 12.1 Å². The van der Waals surface area contributed by atoms with Gasteiger partial charge in [-0.25, -0.2) is 8.42 Å². The number of rotatable bonds is 8. The molecular weight excluding hydrogens is 386 g/mol. The molecule has 0 atom stereocenters. The fraction of sp³-hybridized carbons (Fsp3) is 0.409. The predicted molar refractivity (Wildman–Crippen MR) is 116 cm³/mol. The zero-order valence-corrected chi connectivity index (χ0v) is 17.9. The first-order valence-electron chi connectivity index (χ1n) is 10.2. The molecule has 0 unspecified atom stereocenters. The van der Waals surface area contributed by atoms with Crippen LogP contribution in [0.1, 0.15) is 42.6 Å². The molecule has 156 valence electrons. The minimum absolute atomic E-state index is 0.142. The van der Waals surface area contributed by atoms with Gasteiger partial charge >= 0.3 is 0 Å². The summed E-state index contributed by atoms with van der Waals surface area (Å²) in [5, 5.41) is 2.88. The van der Waals surface area contributed by atoms with E-state index in [2.05, 4.69) is 22.3 Å². The zero-order chi connectivity index (χ0) is 20.9. The Labute approximate surface area is 173 Å². The van der Waals surface area contributed by atoms with Crippen molar-refractivity contribution in [2.45, 2.75) is 38.1 Å². The van der Waals surface area contributed by atoms with E-state index in [0.29, 0.717) is 25.2 Å². The molecule has 2 aromatic carbocycles. The molecule has 0 bridgehead atoms. The number of benzene rings is 2. The average Bonchev–Trinajstić information content (AvgIpc) is 3.28. The van der Waals surface area contributed by atoms with E-state index in [1.165, 1.54) is 35.0 Å². The number of nitrogens with zero attached hydrogens (tertiary/aromatic N) is 2. The first-order valence-corrected chi connectivity index (χ1v) is 11.6. The van der Waals surface area contributed by atoms with Crippen molar-refractivity contribution in [3.8, 4) is 0 Å². The molecule has 0 radical (unpaired) electrons. The van der Waals surface area contributed by atoms with Gasteiger partial charge in [-0.2, -0.15) is 4.31 Å². The lowest BCUT2D eigenvalue weighted by atomic mass is 10.1. The van der Waals surface area contributed by atoms with E-state index in [0.717, 1.165) is 18.7 Å². The van der Waals surface area contributed by atoms with Crippen LogP contribution in [0, 0.1) is 0 Å². The van der Waals surface area contributed by atoms with Crippen LogP contribution >= 0.6 is 0 Å². The van der Waals surface area contributed by atoms with Crippen molar-refractivity contribution in [2.75, 3.05) is 31.1 Å². The summed E-state index contributed by atoms with van der Waals surface area (Å²) < 4.78 is 26.7. The van der Waals surface area contributed by atoms with Gasteiger partial charge in [-0.15, -0.1) is 0 Å². The molecular formula is C22H29N3O3S. The van der Waals surface area contributed by atoms with E-state index < -0.39 is 10.0 Å². The smallest absolute Gasteiger partial charge is 0.251 e. The monoisotopic (exact) mass is 415 g/mol. The standard InChI is InChI=1S/C22H29N3O3S/c1-3-25(4-2)29(27,28)21-9-7-8-19(16-21)22(26)23-17-18-10-12-20(13-11-18)24-14-5-6-15-24/h7-13,16H,3-6,14-15,17H2,1-2H3,(H,23,26). The van der Waals surface area contributed by atoms with Gasteiger partial charge in [0.25, 0.3) is 5.91 Å². The molecule has 0 aliphatic carbocycles. The summed E-state index contributed by atoms with van der Waals surface area (Å²) in [6.07, 6.45) is 2.47. The number of sulfonamides is 1. The molecule has 7 heteroatoms. The third-order valence-corrected chi connectivity index (χ3v) is 7.35. The first-order chi connectivity index (χ1) is 14.0. The molecule has 0 aromatic heterocycles. The molecule has 1 N–H and O–H groups in total. The summed E-state index contributed by atoms with van der Waals surface area (Å²) in [5.74, 6) is -0.287. The van der Waals surface area contributed by atoms with Crippen LogP contribution in [0.2, 0.25) is 0 Å². The van der Waals surface area contributed by atoms with Crippen LogP contribution in [-0.4, -0.2) is 44.8 Å². The fourth-order valence-corrected chi connectivity index (χ4v) is 5.10. The topological polar surface area (TPSA) is 69.7 Å². The Morgan fingerprint density at radius 3 is 2.31 bits per heavy atom. The second kappa shape index (κ2) is 9.41. The number of carbonyl (C=O) groups excluding carboxylic acids is 1. The van der Waals surface area contributed by atoms with E-state index in [4.69, 9.17) is 0 Å². The summed E-state index contributed by atoms with van der Waals surface area (Å²) >= 11 is 0. The summed E-state index contributed by atoms with van der Waals surface area (Å²) in [5.41, 5.74) is 2.56. The van der Waals surface area contributed by atoms with Crippen molar-refractivity contribution in [3.63, 3.8) is 0 Å². The maximum atomic E-state index is 12.7. The van der Waals surface area contributed by atoms with Gasteiger partial charge in [0.1, 0.15) is 0 Å². The van der Waals surface area contributed by atoms with Crippen molar-refractivity contribution in [1.29, 1.82) is 0 Å². The largest absolute Gasteiger partial charge is 0.372 e. The lowest BCUT2D eigenvalue weighted by Gasteiger charge is -2.19. The number of amides is 1. The average molecular weight is 416 g/mol. The van der Waals surface area contributed by atoms with Crippen LogP contribution in [0.25, 0.3) is 0 Å². The highest BCUT2D eigenvalue weighted by molar-refractivity contribution is 7.89. The fourth-order valence-electron chi connectivity index (χ4n) is 3.59. The molecule has 2 aromatic rings. The Hall–Kier alpha value is -2.38. The molecule has 3 rings (SSSR count). The van der Waals surface area contributed by atoms with Crippen molar-refractivity contribution >= 4 is 21.6 Å². The number of carbonyl (C=O) groups is 1. The molecule has 1 heterocycles. The number of hydrogen-bond donors (Lipinski definition) is 1. The van der Waals surface area contributed by atoms with Crippen LogP contribution < -0.4 is 10.2 Å². The minimum Gasteiger partial charge on any atom is -0.372 e. The van der Waals surface area contributed by atoms with E-state index in [9.17, 15) is 13.2 Å². The van der Waals surface area contributed by atoms with Crippen molar-refractivity contribution in [3.05, 3.63) is 59.7 Å². The Balaban J connectivity index is 1.65. The van der Waals surface area contributed by atoms with Crippen LogP contribution in [-0.2, 0) is 16.6 Å². The van der Waals surface area contributed by atoms with Crippen molar-refractivity contribution in [2.24, 2.45) is 0 Å². The summed E-state index contributed by atoms with van der Waals surface area (Å²) in [6, 6.07) is 14.4. The zero-order valence-electron chi connectivity index (χ0n) is 17.1.